The lowest BCUT2D eigenvalue weighted by Gasteiger charge is -1.94. The summed E-state index contributed by atoms with van der Waals surface area (Å²) in [5, 5.41) is 18.5. The molecule has 14 heavy (non-hydrogen) atoms. The smallest absolute Gasteiger partial charge is 0.358 e. The fourth-order valence-corrected chi connectivity index (χ4v) is 1.26. The number of rotatable bonds is 2. The summed E-state index contributed by atoms with van der Waals surface area (Å²) in [4.78, 5) is 13.6. The Bertz CT molecular complexity index is 471. The molecule has 0 aliphatic rings. The van der Waals surface area contributed by atoms with Crippen LogP contribution in [0.15, 0.2) is 12.4 Å². The standard InChI is InChI=1S/C8H8N4O2/c1-4-2-9-3-5(4)6-7(8(13)14)11-12-10-6/h2-3,9H,1H3,(H,13,14)(H,10,11,12). The number of nitrogens with zero attached hydrogens (tertiary/aromatic N) is 2. The average molecular weight is 192 g/mol. The van der Waals surface area contributed by atoms with Gasteiger partial charge in [-0.1, -0.05) is 0 Å². The van der Waals surface area contributed by atoms with Gasteiger partial charge in [-0.05, 0) is 12.5 Å². The number of aromatic carboxylic acids is 1. The van der Waals surface area contributed by atoms with Gasteiger partial charge in [-0.15, -0.1) is 5.10 Å². The van der Waals surface area contributed by atoms with Gasteiger partial charge in [0.15, 0.2) is 5.69 Å². The second-order valence-corrected chi connectivity index (χ2v) is 2.88. The van der Waals surface area contributed by atoms with Crippen LogP contribution < -0.4 is 0 Å². The Labute approximate surface area is 79.0 Å². The molecule has 2 aromatic rings. The Morgan fingerprint density at radius 2 is 2.21 bits per heavy atom. The van der Waals surface area contributed by atoms with Crippen molar-refractivity contribution in [3.8, 4) is 11.3 Å². The van der Waals surface area contributed by atoms with E-state index < -0.39 is 5.97 Å². The Balaban J connectivity index is 2.57. The van der Waals surface area contributed by atoms with E-state index in [1.807, 2.05) is 6.92 Å². The van der Waals surface area contributed by atoms with Crippen molar-refractivity contribution in [1.29, 1.82) is 0 Å². The highest BCUT2D eigenvalue weighted by atomic mass is 16.4. The zero-order valence-corrected chi connectivity index (χ0v) is 7.40. The molecule has 72 valence electrons. The van der Waals surface area contributed by atoms with E-state index in [4.69, 9.17) is 5.11 Å². The number of aromatic nitrogens is 4. The number of carboxylic acids is 1. The van der Waals surface area contributed by atoms with E-state index in [2.05, 4.69) is 20.4 Å². The molecule has 6 nitrogen and oxygen atoms in total. The lowest BCUT2D eigenvalue weighted by Crippen LogP contribution is -1.99. The highest BCUT2D eigenvalue weighted by Gasteiger charge is 2.18. The van der Waals surface area contributed by atoms with Gasteiger partial charge < -0.3 is 10.1 Å². The first-order chi connectivity index (χ1) is 6.70. The van der Waals surface area contributed by atoms with Gasteiger partial charge in [0.25, 0.3) is 0 Å². The van der Waals surface area contributed by atoms with Crippen molar-refractivity contribution in [2.24, 2.45) is 0 Å². The highest BCUT2D eigenvalue weighted by molar-refractivity contribution is 5.92. The Morgan fingerprint density at radius 3 is 2.79 bits per heavy atom. The molecule has 0 saturated carbocycles. The van der Waals surface area contributed by atoms with Crippen molar-refractivity contribution in [2.45, 2.75) is 6.92 Å². The summed E-state index contributed by atoms with van der Waals surface area (Å²) in [5.74, 6) is -1.09. The molecule has 3 N–H and O–H groups in total. The largest absolute Gasteiger partial charge is 0.476 e. The van der Waals surface area contributed by atoms with E-state index in [-0.39, 0.29) is 5.69 Å². The molecule has 0 aromatic carbocycles. The first-order valence-electron chi connectivity index (χ1n) is 3.98. The molecule has 2 heterocycles. The molecule has 0 radical (unpaired) electrons. The minimum atomic E-state index is -1.09. The van der Waals surface area contributed by atoms with E-state index in [9.17, 15) is 4.79 Å². The summed E-state index contributed by atoms with van der Waals surface area (Å²) in [7, 11) is 0. The minimum Gasteiger partial charge on any atom is -0.476 e. The van der Waals surface area contributed by atoms with Crippen LogP contribution in [0.4, 0.5) is 0 Å². The summed E-state index contributed by atoms with van der Waals surface area (Å²) < 4.78 is 0. The Hall–Kier alpha value is -2.11. The van der Waals surface area contributed by atoms with Crippen LogP contribution in [-0.4, -0.2) is 31.5 Å². The van der Waals surface area contributed by atoms with E-state index in [0.717, 1.165) is 11.1 Å². The van der Waals surface area contributed by atoms with Crippen molar-refractivity contribution in [3.05, 3.63) is 23.7 Å². The number of aryl methyl sites for hydroxylation is 1. The molecule has 6 heteroatoms. The average Bonchev–Trinajstić information content (AvgIpc) is 2.70. The maximum Gasteiger partial charge on any atom is 0.358 e. The van der Waals surface area contributed by atoms with Crippen LogP contribution in [0.25, 0.3) is 11.3 Å². The van der Waals surface area contributed by atoms with Crippen LogP contribution in [0.2, 0.25) is 0 Å². The third-order valence-electron chi connectivity index (χ3n) is 1.96. The lowest BCUT2D eigenvalue weighted by atomic mass is 10.1. The molecule has 0 atom stereocenters. The second kappa shape index (κ2) is 2.99. The lowest BCUT2D eigenvalue weighted by molar-refractivity contribution is 0.0691. The van der Waals surface area contributed by atoms with Crippen molar-refractivity contribution in [1.82, 2.24) is 20.4 Å². The number of aromatic amines is 2. The molecular weight excluding hydrogens is 184 g/mol. The van der Waals surface area contributed by atoms with Crippen molar-refractivity contribution in [2.75, 3.05) is 0 Å². The van der Waals surface area contributed by atoms with Crippen molar-refractivity contribution >= 4 is 5.97 Å². The molecule has 0 aliphatic heterocycles. The van der Waals surface area contributed by atoms with E-state index in [1.54, 1.807) is 12.4 Å². The summed E-state index contributed by atoms with van der Waals surface area (Å²) >= 11 is 0. The SMILES string of the molecule is Cc1c[nH]cc1-c1n[nH]nc1C(=O)O. The Kier molecular flexibility index (Phi) is 1.81. The zero-order valence-electron chi connectivity index (χ0n) is 7.40. The zero-order chi connectivity index (χ0) is 10.1. The second-order valence-electron chi connectivity index (χ2n) is 2.88. The number of H-pyrrole nitrogens is 2. The van der Waals surface area contributed by atoms with Gasteiger partial charge in [-0.25, -0.2) is 4.79 Å². The summed E-state index contributed by atoms with van der Waals surface area (Å²) in [6.07, 6.45) is 3.47. The van der Waals surface area contributed by atoms with Gasteiger partial charge in [0.1, 0.15) is 5.69 Å². The van der Waals surface area contributed by atoms with Crippen LogP contribution in [0.3, 0.4) is 0 Å². The first-order valence-corrected chi connectivity index (χ1v) is 3.98. The quantitative estimate of drug-likeness (QED) is 0.656. The maximum absolute atomic E-state index is 10.8. The number of carbonyl (C=O) groups is 1. The summed E-state index contributed by atoms with van der Waals surface area (Å²) in [5.41, 5.74) is 1.97. The molecule has 0 amide bonds. The van der Waals surface area contributed by atoms with E-state index >= 15 is 0 Å². The molecule has 0 fully saturated rings. The third kappa shape index (κ3) is 1.17. The van der Waals surface area contributed by atoms with Crippen LogP contribution >= 0.6 is 0 Å². The highest BCUT2D eigenvalue weighted by Crippen LogP contribution is 2.22. The number of hydrogen-bond acceptors (Lipinski definition) is 3. The normalized spacial score (nSPS) is 10.4. The van der Waals surface area contributed by atoms with Gasteiger partial charge in [0, 0.05) is 18.0 Å². The molecule has 0 aliphatic carbocycles. The van der Waals surface area contributed by atoms with Crippen LogP contribution in [0, 0.1) is 6.92 Å². The molecule has 0 saturated heterocycles. The number of hydrogen-bond donors (Lipinski definition) is 3. The van der Waals surface area contributed by atoms with Crippen molar-refractivity contribution < 1.29 is 9.90 Å². The van der Waals surface area contributed by atoms with E-state index in [1.165, 1.54) is 0 Å². The van der Waals surface area contributed by atoms with Crippen LogP contribution in [0.1, 0.15) is 16.1 Å². The van der Waals surface area contributed by atoms with Crippen molar-refractivity contribution in [3.63, 3.8) is 0 Å². The monoisotopic (exact) mass is 192 g/mol. The van der Waals surface area contributed by atoms with E-state index in [0.29, 0.717) is 5.69 Å². The summed E-state index contributed by atoms with van der Waals surface area (Å²) in [6, 6.07) is 0. The van der Waals surface area contributed by atoms with Gasteiger partial charge in [-0.3, -0.25) is 0 Å². The molecule has 0 bridgehead atoms. The van der Waals surface area contributed by atoms with Crippen LogP contribution in [0.5, 0.6) is 0 Å². The van der Waals surface area contributed by atoms with Gasteiger partial charge in [0.2, 0.25) is 0 Å². The number of carboxylic acid groups (broad SMARTS) is 1. The van der Waals surface area contributed by atoms with Gasteiger partial charge >= 0.3 is 5.97 Å². The molecular formula is C8H8N4O2. The third-order valence-corrected chi connectivity index (χ3v) is 1.96. The topological polar surface area (TPSA) is 94.7 Å². The fourth-order valence-electron chi connectivity index (χ4n) is 1.26. The number of nitrogens with one attached hydrogen (secondary N) is 2. The fraction of sp³-hybridized carbons (Fsp3) is 0.125. The molecule has 0 unspecified atom stereocenters. The first kappa shape index (κ1) is 8.49. The molecule has 2 rings (SSSR count). The maximum atomic E-state index is 10.8. The predicted octanol–water partition coefficient (Wildman–Crippen LogP) is 0.806. The van der Waals surface area contributed by atoms with Crippen LogP contribution in [-0.2, 0) is 0 Å². The summed E-state index contributed by atoms with van der Waals surface area (Å²) in [6.45, 7) is 1.87. The van der Waals surface area contributed by atoms with Gasteiger partial charge in [-0.2, -0.15) is 10.3 Å². The predicted molar refractivity (Wildman–Crippen MR) is 47.9 cm³/mol. The minimum absolute atomic E-state index is 0.0623. The molecule has 2 aromatic heterocycles. The molecule has 0 spiro atoms. The van der Waals surface area contributed by atoms with Gasteiger partial charge in [0.05, 0.1) is 0 Å². The Morgan fingerprint density at radius 1 is 1.43 bits per heavy atom.